The molecular weight excluding hydrogens is 674 g/mol. The molecule has 8 aromatic carbocycles. The second kappa shape index (κ2) is 11.4. The molecule has 0 atom stereocenters. The molecule has 0 saturated carbocycles. The van der Waals surface area contributed by atoms with Crippen molar-refractivity contribution in [1.82, 2.24) is 0 Å². The lowest BCUT2D eigenvalue weighted by molar-refractivity contribution is 0.660. The van der Waals surface area contributed by atoms with E-state index in [0.29, 0.717) is 0 Å². The third-order valence-corrected chi connectivity index (χ3v) is 12.6. The lowest BCUT2D eigenvalue weighted by Crippen LogP contribution is -2.26. The van der Waals surface area contributed by atoms with Crippen LogP contribution in [0.5, 0.6) is 0 Å². The number of hydrogen-bond acceptors (Lipinski definition) is 1. The molecule has 11 rings (SSSR count). The topological polar surface area (TPSA) is 3.24 Å². The van der Waals surface area contributed by atoms with E-state index in [4.69, 9.17) is 11.6 Å². The number of benzene rings is 8. The summed E-state index contributed by atoms with van der Waals surface area (Å²) in [6, 6.07) is 67.0. The fraction of sp³-hybridized carbons (Fsp3) is 0.0769. The Morgan fingerprint density at radius 1 is 0.389 bits per heavy atom. The maximum absolute atomic E-state index is 6.95. The van der Waals surface area contributed by atoms with Crippen LogP contribution in [0.4, 0.5) is 17.1 Å². The predicted molar refractivity (Wildman–Crippen MR) is 225 cm³/mol. The molecule has 0 aromatic heterocycles. The Hall–Kier alpha value is -6.15. The van der Waals surface area contributed by atoms with Gasteiger partial charge in [0.2, 0.25) is 0 Å². The lowest BCUT2D eigenvalue weighted by Gasteiger charge is -2.32. The predicted octanol–water partition coefficient (Wildman–Crippen LogP) is 14.1. The van der Waals surface area contributed by atoms with E-state index >= 15 is 0 Å². The Balaban J connectivity index is 1.19. The molecule has 2 heteroatoms. The third kappa shape index (κ3) is 4.16. The van der Waals surface area contributed by atoms with Gasteiger partial charge in [0.1, 0.15) is 0 Å². The quantitative estimate of drug-likeness (QED) is 0.176. The van der Waals surface area contributed by atoms with Crippen LogP contribution in [0.2, 0.25) is 5.02 Å². The van der Waals surface area contributed by atoms with Crippen molar-refractivity contribution in [1.29, 1.82) is 0 Å². The van der Waals surface area contributed by atoms with E-state index in [0.717, 1.165) is 22.1 Å². The molecule has 0 saturated heterocycles. The Bertz CT molecular complexity index is 2770. The van der Waals surface area contributed by atoms with Crippen LogP contribution in [0.15, 0.2) is 182 Å². The van der Waals surface area contributed by atoms with Gasteiger partial charge in [-0.1, -0.05) is 165 Å². The van der Waals surface area contributed by atoms with E-state index in [1.54, 1.807) is 0 Å². The van der Waals surface area contributed by atoms with E-state index in [9.17, 15) is 0 Å². The first-order chi connectivity index (χ1) is 26.5. The number of rotatable bonds is 4. The van der Waals surface area contributed by atoms with Crippen LogP contribution < -0.4 is 4.90 Å². The summed E-state index contributed by atoms with van der Waals surface area (Å²) >= 11 is 6.95. The van der Waals surface area contributed by atoms with Gasteiger partial charge in [0.05, 0.1) is 11.1 Å². The van der Waals surface area contributed by atoms with Gasteiger partial charge in [0.25, 0.3) is 0 Å². The molecule has 3 aliphatic carbocycles. The van der Waals surface area contributed by atoms with Crippen LogP contribution in [-0.4, -0.2) is 0 Å². The van der Waals surface area contributed by atoms with Crippen molar-refractivity contribution in [3.05, 3.63) is 220 Å². The van der Waals surface area contributed by atoms with E-state index in [1.165, 1.54) is 77.9 Å². The summed E-state index contributed by atoms with van der Waals surface area (Å²) in [4.78, 5) is 2.48. The molecule has 8 aromatic rings. The minimum absolute atomic E-state index is 0.131. The maximum atomic E-state index is 6.95. The van der Waals surface area contributed by atoms with Crippen molar-refractivity contribution in [2.45, 2.75) is 24.7 Å². The average molecular weight is 710 g/mol. The zero-order valence-corrected chi connectivity index (χ0v) is 30.9. The minimum Gasteiger partial charge on any atom is -0.310 e. The van der Waals surface area contributed by atoms with Crippen LogP contribution in [0, 0.1) is 0 Å². The third-order valence-electron chi connectivity index (χ3n) is 12.4. The normalized spacial score (nSPS) is 14.5. The Morgan fingerprint density at radius 2 is 0.926 bits per heavy atom. The van der Waals surface area contributed by atoms with Gasteiger partial charge >= 0.3 is 0 Å². The molecule has 0 radical (unpaired) electrons. The highest BCUT2D eigenvalue weighted by Crippen LogP contribution is 2.65. The number of fused-ring (bicyclic) bond motifs is 13. The summed E-state index contributed by atoms with van der Waals surface area (Å²) in [6.07, 6.45) is 0. The van der Waals surface area contributed by atoms with Gasteiger partial charge in [-0.2, -0.15) is 0 Å². The van der Waals surface area contributed by atoms with Gasteiger partial charge < -0.3 is 4.90 Å². The van der Waals surface area contributed by atoms with Gasteiger partial charge in [0.15, 0.2) is 0 Å². The van der Waals surface area contributed by atoms with Crippen LogP contribution in [0.3, 0.4) is 0 Å². The lowest BCUT2D eigenvalue weighted by atomic mass is 9.70. The molecule has 0 amide bonds. The van der Waals surface area contributed by atoms with E-state index in [2.05, 4.69) is 201 Å². The zero-order chi connectivity index (χ0) is 36.2. The molecular formula is C52H36ClN. The first-order valence-corrected chi connectivity index (χ1v) is 19.2. The first-order valence-electron chi connectivity index (χ1n) is 18.8. The Kier molecular flexibility index (Phi) is 6.64. The van der Waals surface area contributed by atoms with Gasteiger partial charge in [-0.3, -0.25) is 0 Å². The van der Waals surface area contributed by atoms with Gasteiger partial charge in [-0.25, -0.2) is 0 Å². The number of nitrogens with zero attached hydrogens (tertiary/aromatic N) is 1. The summed E-state index contributed by atoms with van der Waals surface area (Å²) in [6.45, 7) is 4.72. The molecule has 1 spiro atoms. The minimum atomic E-state index is -0.497. The van der Waals surface area contributed by atoms with Crippen LogP contribution in [0.25, 0.3) is 44.5 Å². The second-order valence-corrected chi connectivity index (χ2v) is 15.8. The number of anilines is 3. The maximum Gasteiger partial charge on any atom is 0.0726 e. The molecule has 3 aliphatic rings. The molecule has 0 unspecified atom stereocenters. The van der Waals surface area contributed by atoms with Crippen molar-refractivity contribution in [3.63, 3.8) is 0 Å². The fourth-order valence-electron chi connectivity index (χ4n) is 10.0. The van der Waals surface area contributed by atoms with E-state index in [1.807, 2.05) is 0 Å². The largest absolute Gasteiger partial charge is 0.310 e. The molecule has 0 bridgehead atoms. The molecule has 256 valence electrons. The molecule has 0 heterocycles. The van der Waals surface area contributed by atoms with Gasteiger partial charge in [0, 0.05) is 27.4 Å². The zero-order valence-electron chi connectivity index (χ0n) is 30.1. The summed E-state index contributed by atoms with van der Waals surface area (Å²) in [5.74, 6) is 0. The molecule has 0 N–H and O–H groups in total. The highest BCUT2D eigenvalue weighted by molar-refractivity contribution is 6.31. The summed E-state index contributed by atoms with van der Waals surface area (Å²) in [5, 5.41) is 0.748. The van der Waals surface area contributed by atoms with Crippen molar-refractivity contribution in [2.75, 3.05) is 4.90 Å². The number of hydrogen-bond donors (Lipinski definition) is 0. The van der Waals surface area contributed by atoms with Gasteiger partial charge in [-0.15, -0.1) is 0 Å². The average Bonchev–Trinajstić information content (AvgIpc) is 3.77. The summed E-state index contributed by atoms with van der Waals surface area (Å²) in [5.41, 5.74) is 20.7. The van der Waals surface area contributed by atoms with Crippen LogP contribution in [0.1, 0.15) is 47.2 Å². The van der Waals surface area contributed by atoms with Gasteiger partial charge in [-0.05, 0) is 115 Å². The van der Waals surface area contributed by atoms with Crippen molar-refractivity contribution in [2.24, 2.45) is 0 Å². The number of halogens is 1. The summed E-state index contributed by atoms with van der Waals surface area (Å²) in [7, 11) is 0. The first kappa shape index (κ1) is 31.4. The highest BCUT2D eigenvalue weighted by atomic mass is 35.5. The van der Waals surface area contributed by atoms with Crippen LogP contribution in [-0.2, 0) is 10.8 Å². The smallest absolute Gasteiger partial charge is 0.0726 e. The molecule has 0 aliphatic heterocycles. The fourth-order valence-corrected chi connectivity index (χ4v) is 10.2. The Morgan fingerprint density at radius 3 is 1.63 bits per heavy atom. The highest BCUT2D eigenvalue weighted by Gasteiger charge is 2.52. The van der Waals surface area contributed by atoms with Crippen molar-refractivity contribution in [3.8, 4) is 44.5 Å². The molecule has 54 heavy (non-hydrogen) atoms. The monoisotopic (exact) mass is 709 g/mol. The molecule has 1 nitrogen and oxygen atoms in total. The van der Waals surface area contributed by atoms with Crippen molar-refractivity contribution < 1.29 is 0 Å². The van der Waals surface area contributed by atoms with E-state index in [-0.39, 0.29) is 5.41 Å². The second-order valence-electron chi connectivity index (χ2n) is 15.4. The van der Waals surface area contributed by atoms with Crippen molar-refractivity contribution >= 4 is 28.7 Å². The summed E-state index contributed by atoms with van der Waals surface area (Å²) < 4.78 is 0. The standard InChI is InChI=1S/C52H36ClN/c1-51(2)43-18-9-6-15-38(43)41-30-28-37(32-47(41)51)54(36-26-23-34(24-27-36)33-13-4-3-5-14-33)49-22-12-21-46-50(49)42-29-25-35(53)31-48(42)52(46)44-19-10-7-16-39(44)40-17-8-11-20-45(40)52/h3-32H,1-2H3. The Labute approximate surface area is 321 Å². The van der Waals surface area contributed by atoms with E-state index < -0.39 is 5.41 Å². The SMILES string of the molecule is CC1(C)c2ccccc2-c2ccc(N(c3ccc(-c4ccccc4)cc3)c3cccc4c3-c3ccc(Cl)cc3C43c4ccccc4-c4ccccc43)cc21. The molecule has 0 fully saturated rings. The van der Waals surface area contributed by atoms with Crippen LogP contribution >= 0.6 is 11.6 Å².